The molecule has 5 rings (SSSR count). The van der Waals surface area contributed by atoms with Gasteiger partial charge in [-0.3, -0.25) is 24.2 Å². The summed E-state index contributed by atoms with van der Waals surface area (Å²) in [5, 5.41) is 17.3. The Balaban J connectivity index is 1.59. The van der Waals surface area contributed by atoms with Gasteiger partial charge in [0.05, 0.1) is 48.9 Å². The number of nitrogens with zero attached hydrogens (tertiary/aromatic N) is 5. The van der Waals surface area contributed by atoms with Gasteiger partial charge in [-0.25, -0.2) is 0 Å². The number of aromatic nitrogens is 3. The van der Waals surface area contributed by atoms with Crippen molar-refractivity contribution in [3.05, 3.63) is 24.0 Å². The number of nitrogens with two attached hydrogens (primary N) is 1. The number of oxime groups is 1. The van der Waals surface area contributed by atoms with Gasteiger partial charge in [-0.1, -0.05) is 32.9 Å². The molecule has 0 saturated carbocycles. The molecule has 0 spiro atoms. The lowest BCUT2D eigenvalue weighted by atomic mass is 9.74. The fourth-order valence-electron chi connectivity index (χ4n) is 8.68. The van der Waals surface area contributed by atoms with Crippen LogP contribution in [0.5, 0.6) is 0 Å². The predicted molar refractivity (Wildman–Crippen MR) is 223 cm³/mol. The standard InChI is InChI=1S/C42H62N6O12S/c1-12-31-42(9,53)36-23(4)32(50)21(2)16-41(8,55-19-29(18-54-36)46-56-20-28-14-13-27(17-44-28)37-45-40(43)47-61-37)35(24(5)33(51)25(6)38(52)59-31)60-39-34(58-26(7)49)30(48(10)11)15-22(3)57-39/h13-14,17,21-25,30-31,34-36,39,53H,12,15-16,18-20H2,1-11H3,(H2,43,47)/b46-29+/t21-,22-,23+,24+,25-,30+,31-,34-,35-,36-,39+,41-,42-/m1/s1. The van der Waals surface area contributed by atoms with Crippen molar-refractivity contribution in [2.45, 2.75) is 142 Å². The number of carbonyl (C=O) groups is 4. The summed E-state index contributed by atoms with van der Waals surface area (Å²) in [6, 6.07) is 3.24. The number of fused-ring (bicyclic) bond motifs is 5. The molecule has 0 amide bonds. The van der Waals surface area contributed by atoms with Crippen LogP contribution in [0.4, 0.5) is 5.95 Å². The molecule has 2 aromatic heterocycles. The third-order valence-corrected chi connectivity index (χ3v) is 12.8. The van der Waals surface area contributed by atoms with Gasteiger partial charge in [0.25, 0.3) is 0 Å². The van der Waals surface area contributed by atoms with Gasteiger partial charge < -0.3 is 49.0 Å². The van der Waals surface area contributed by atoms with Crippen molar-refractivity contribution in [1.82, 2.24) is 19.2 Å². The third-order valence-electron chi connectivity index (χ3n) is 12.0. The highest BCUT2D eigenvalue weighted by Gasteiger charge is 2.54. The van der Waals surface area contributed by atoms with Gasteiger partial charge in [-0.05, 0) is 84.7 Å². The van der Waals surface area contributed by atoms with E-state index in [1.807, 2.05) is 32.0 Å². The predicted octanol–water partition coefficient (Wildman–Crippen LogP) is 3.77. The van der Waals surface area contributed by atoms with Gasteiger partial charge in [0.2, 0.25) is 5.95 Å². The molecule has 3 N–H and O–H groups in total. The minimum absolute atomic E-state index is 0.0195. The smallest absolute Gasteiger partial charge is 0.316 e. The molecule has 2 aromatic rings. The van der Waals surface area contributed by atoms with Gasteiger partial charge in [0, 0.05) is 36.4 Å². The summed E-state index contributed by atoms with van der Waals surface area (Å²) in [4.78, 5) is 71.8. The van der Waals surface area contributed by atoms with Crippen LogP contribution in [-0.4, -0.2) is 135 Å². The van der Waals surface area contributed by atoms with Gasteiger partial charge >= 0.3 is 11.9 Å². The zero-order chi connectivity index (χ0) is 45.0. The van der Waals surface area contributed by atoms with Crippen LogP contribution in [0, 0.1) is 23.7 Å². The summed E-state index contributed by atoms with van der Waals surface area (Å²) in [5.74, 6) is -6.07. The molecule has 3 saturated heterocycles. The van der Waals surface area contributed by atoms with Crippen molar-refractivity contribution in [3.8, 4) is 10.6 Å². The summed E-state index contributed by atoms with van der Waals surface area (Å²) in [6.45, 7) is 14.0. The SMILES string of the molecule is CC[C@H]1OC(=O)[C@H](C)C(=O)[C@H](C)[C@@H](O[C@@H]2O[C@H](C)C[C@H](N(C)C)[C@H]2OC(C)=O)[C@@]2(C)C[C@@H](C)C(=O)[C@H](C)[C@@H](OC/C(=N\OCc3ccc(-c4nc(N)ns4)cn3)CO2)[C@]1(C)O. The summed E-state index contributed by atoms with van der Waals surface area (Å²) in [7, 11) is 3.73. The topological polar surface area (TPSA) is 233 Å². The number of pyridine rings is 1. The van der Waals surface area contributed by atoms with E-state index in [4.69, 9.17) is 39.0 Å². The molecule has 338 valence electrons. The molecule has 19 heteroatoms. The van der Waals surface area contributed by atoms with E-state index in [1.165, 1.54) is 20.8 Å². The summed E-state index contributed by atoms with van der Waals surface area (Å²) in [5.41, 5.74) is 3.82. The monoisotopic (exact) mass is 874 g/mol. The normalized spacial score (nSPS) is 36.4. The summed E-state index contributed by atoms with van der Waals surface area (Å²) < 4.78 is 42.2. The first-order valence-electron chi connectivity index (χ1n) is 20.8. The number of aliphatic hydroxyl groups is 1. The van der Waals surface area contributed by atoms with Crippen LogP contribution in [-0.2, 0) is 59.0 Å². The van der Waals surface area contributed by atoms with E-state index in [0.717, 1.165) is 17.1 Å². The number of Topliss-reactive ketones (excluding diaryl/α,β-unsaturated/α-hetero) is 2. The zero-order valence-corrected chi connectivity index (χ0v) is 37.8. The number of esters is 2. The van der Waals surface area contributed by atoms with E-state index in [-0.39, 0.29) is 62.3 Å². The van der Waals surface area contributed by atoms with Crippen LogP contribution >= 0.6 is 11.5 Å². The Morgan fingerprint density at radius 3 is 2.41 bits per heavy atom. The second-order valence-corrected chi connectivity index (χ2v) is 18.0. The first kappa shape index (κ1) is 48.1. The highest BCUT2D eigenvalue weighted by atomic mass is 32.1. The Morgan fingerprint density at radius 1 is 1.08 bits per heavy atom. The van der Waals surface area contributed by atoms with E-state index in [1.54, 1.807) is 46.9 Å². The molecule has 0 unspecified atom stereocenters. The average molecular weight is 875 g/mol. The lowest BCUT2D eigenvalue weighted by molar-refractivity contribution is -0.298. The molecule has 3 aliphatic rings. The van der Waals surface area contributed by atoms with Crippen LogP contribution < -0.4 is 5.73 Å². The van der Waals surface area contributed by atoms with Crippen LogP contribution in [0.15, 0.2) is 23.5 Å². The van der Waals surface area contributed by atoms with E-state index >= 15 is 0 Å². The number of rotatable bonds is 9. The number of cyclic esters (lactones) is 1. The van der Waals surface area contributed by atoms with Gasteiger partial charge in [0.1, 0.15) is 34.1 Å². The first-order valence-corrected chi connectivity index (χ1v) is 21.6. The third kappa shape index (κ3) is 11.2. The molecular weight excluding hydrogens is 813 g/mol. The molecule has 5 heterocycles. The molecular formula is C42H62N6O12S. The minimum Gasteiger partial charge on any atom is -0.459 e. The molecule has 3 fully saturated rings. The van der Waals surface area contributed by atoms with Crippen LogP contribution in [0.2, 0.25) is 0 Å². The van der Waals surface area contributed by atoms with Crippen molar-refractivity contribution in [2.75, 3.05) is 33.0 Å². The summed E-state index contributed by atoms with van der Waals surface area (Å²) >= 11 is 1.16. The number of hydrogen-bond acceptors (Lipinski definition) is 19. The number of carbonyl (C=O) groups excluding carboxylic acids is 4. The minimum atomic E-state index is -1.90. The van der Waals surface area contributed by atoms with E-state index in [2.05, 4.69) is 19.5 Å². The Morgan fingerprint density at radius 2 is 1.80 bits per heavy atom. The zero-order valence-electron chi connectivity index (χ0n) is 37.0. The highest BCUT2D eigenvalue weighted by molar-refractivity contribution is 7.09. The second kappa shape index (κ2) is 20.0. The fourth-order valence-corrected chi connectivity index (χ4v) is 9.26. The van der Waals surface area contributed by atoms with Crippen molar-refractivity contribution in [3.63, 3.8) is 0 Å². The lowest BCUT2D eigenvalue weighted by Crippen LogP contribution is -2.60. The largest absolute Gasteiger partial charge is 0.459 e. The molecule has 13 atom stereocenters. The van der Waals surface area contributed by atoms with Crippen LogP contribution in [0.3, 0.4) is 0 Å². The van der Waals surface area contributed by atoms with Crippen molar-refractivity contribution < 1.29 is 57.5 Å². The fraction of sp³-hybridized carbons (Fsp3) is 0.714. The number of ether oxygens (including phenoxy) is 6. The maximum Gasteiger partial charge on any atom is 0.316 e. The maximum absolute atomic E-state index is 14.5. The number of ketones is 2. The molecule has 0 aromatic carbocycles. The number of nitrogen functional groups attached to an aromatic ring is 1. The van der Waals surface area contributed by atoms with Gasteiger partial charge in [0.15, 0.2) is 24.8 Å². The molecule has 0 radical (unpaired) electrons. The van der Waals surface area contributed by atoms with E-state index in [9.17, 15) is 24.3 Å². The Labute approximate surface area is 361 Å². The lowest BCUT2D eigenvalue weighted by Gasteiger charge is -2.48. The Bertz CT molecular complexity index is 1890. The number of hydrogen-bond donors (Lipinski definition) is 2. The first-order chi connectivity index (χ1) is 28.7. The average Bonchev–Trinajstić information content (AvgIpc) is 3.64. The quantitative estimate of drug-likeness (QED) is 0.207. The van der Waals surface area contributed by atoms with E-state index in [0.29, 0.717) is 17.1 Å². The van der Waals surface area contributed by atoms with Gasteiger partial charge in [-0.15, -0.1) is 0 Å². The Kier molecular flexibility index (Phi) is 15.8. The van der Waals surface area contributed by atoms with Gasteiger partial charge in [-0.2, -0.15) is 9.36 Å². The van der Waals surface area contributed by atoms with E-state index < -0.39 is 83.3 Å². The highest BCUT2D eigenvalue weighted by Crippen LogP contribution is 2.40. The molecule has 0 aliphatic carbocycles. The van der Waals surface area contributed by atoms with Crippen LogP contribution in [0.1, 0.15) is 87.3 Å². The number of anilines is 1. The molecule has 18 nitrogen and oxygen atoms in total. The second-order valence-electron chi connectivity index (χ2n) is 17.2. The summed E-state index contributed by atoms with van der Waals surface area (Å²) in [6.07, 6.45) is -3.72. The molecule has 2 bridgehead atoms. The van der Waals surface area contributed by atoms with Crippen molar-refractivity contribution >= 4 is 46.7 Å². The maximum atomic E-state index is 14.5. The van der Waals surface area contributed by atoms with Crippen molar-refractivity contribution in [1.29, 1.82) is 0 Å². The van der Waals surface area contributed by atoms with Crippen LogP contribution in [0.25, 0.3) is 10.6 Å². The Hall–Kier alpha value is -3.98. The molecule has 61 heavy (non-hydrogen) atoms. The van der Waals surface area contributed by atoms with Crippen molar-refractivity contribution in [2.24, 2.45) is 28.8 Å². The molecule has 3 aliphatic heterocycles. The number of likely N-dealkylation sites (N-methyl/N-ethyl adjacent to an activating group) is 1.